The van der Waals surface area contributed by atoms with Crippen LogP contribution in [0.3, 0.4) is 0 Å². The third kappa shape index (κ3) is 3.80. The van der Waals surface area contributed by atoms with Crippen LogP contribution in [0, 0.1) is 13.8 Å². The van der Waals surface area contributed by atoms with Gasteiger partial charge < -0.3 is 15.5 Å². The molecule has 0 saturated heterocycles. The number of fused-ring (bicyclic) bond motifs is 1. The van der Waals surface area contributed by atoms with Crippen molar-refractivity contribution in [2.75, 3.05) is 12.3 Å². The van der Waals surface area contributed by atoms with E-state index in [4.69, 9.17) is 10.5 Å². The Bertz CT molecular complexity index is 920. The highest BCUT2D eigenvalue weighted by atomic mass is 16.5. The second kappa shape index (κ2) is 7.09. The van der Waals surface area contributed by atoms with Gasteiger partial charge in [0.15, 0.2) is 6.61 Å². The van der Waals surface area contributed by atoms with Crippen molar-refractivity contribution in [3.8, 4) is 5.75 Å². The fourth-order valence-electron chi connectivity index (χ4n) is 2.76. The van der Waals surface area contributed by atoms with E-state index < -0.39 is 0 Å². The minimum atomic E-state index is -0.327. The molecule has 0 aliphatic carbocycles. The number of amides is 1. The summed E-state index contributed by atoms with van der Waals surface area (Å²) < 4.78 is 5.59. The second-order valence-corrected chi connectivity index (χ2v) is 5.86. The Morgan fingerprint density at radius 2 is 2.00 bits per heavy atom. The van der Waals surface area contributed by atoms with E-state index in [-0.39, 0.29) is 12.5 Å². The number of aryl methyl sites for hydroxylation is 2. The molecule has 3 aromatic rings. The minimum absolute atomic E-state index is 0.114. The number of carbonyl (C=O) groups is 1. The van der Waals surface area contributed by atoms with Gasteiger partial charge in [0.2, 0.25) is 0 Å². The van der Waals surface area contributed by atoms with Crippen LogP contribution < -0.4 is 15.9 Å². The third-order valence-electron chi connectivity index (χ3n) is 3.84. The molecule has 0 fully saturated rings. The quantitative estimate of drug-likeness (QED) is 0.380. The van der Waals surface area contributed by atoms with Gasteiger partial charge in [0, 0.05) is 28.4 Å². The highest BCUT2D eigenvalue weighted by Crippen LogP contribution is 2.25. The molecule has 1 heterocycles. The van der Waals surface area contributed by atoms with Gasteiger partial charge in [0.1, 0.15) is 5.75 Å². The average molecular weight is 336 g/mol. The second-order valence-electron chi connectivity index (χ2n) is 5.86. The zero-order chi connectivity index (χ0) is 17.8. The standard InChI is InChI=1S/C19H20N4O2/c1-12-7-15(20)8-13(2)19(12)25-11-18(24)23-22-10-14-9-21-17-6-4-3-5-16(14)17/h3-10,21H,11,20H2,1-2H3,(H,23,24). The smallest absolute Gasteiger partial charge is 0.277 e. The van der Waals surface area contributed by atoms with E-state index in [9.17, 15) is 4.79 Å². The summed E-state index contributed by atoms with van der Waals surface area (Å²) in [4.78, 5) is 15.1. The molecule has 0 bridgehead atoms. The van der Waals surface area contributed by atoms with Crippen LogP contribution in [-0.4, -0.2) is 23.7 Å². The average Bonchev–Trinajstić information content (AvgIpc) is 2.97. The first-order chi connectivity index (χ1) is 12.0. The maximum Gasteiger partial charge on any atom is 0.277 e. The number of hydrogen-bond acceptors (Lipinski definition) is 4. The first kappa shape index (κ1) is 16.6. The third-order valence-corrected chi connectivity index (χ3v) is 3.84. The number of ether oxygens (including phenoxy) is 1. The number of benzene rings is 2. The summed E-state index contributed by atoms with van der Waals surface area (Å²) in [5.74, 6) is 0.344. The molecule has 1 aromatic heterocycles. The van der Waals surface area contributed by atoms with Crippen LogP contribution in [0.25, 0.3) is 10.9 Å². The van der Waals surface area contributed by atoms with Crippen LogP contribution in [-0.2, 0) is 4.79 Å². The van der Waals surface area contributed by atoms with Crippen molar-refractivity contribution in [3.05, 3.63) is 59.3 Å². The molecule has 0 saturated carbocycles. The van der Waals surface area contributed by atoms with Gasteiger partial charge in [-0.25, -0.2) is 5.43 Å². The van der Waals surface area contributed by atoms with Crippen molar-refractivity contribution in [1.82, 2.24) is 10.4 Å². The van der Waals surface area contributed by atoms with E-state index in [0.717, 1.165) is 27.6 Å². The summed E-state index contributed by atoms with van der Waals surface area (Å²) >= 11 is 0. The number of carbonyl (C=O) groups excluding carboxylic acids is 1. The van der Waals surface area contributed by atoms with Gasteiger partial charge in [-0.3, -0.25) is 4.79 Å². The minimum Gasteiger partial charge on any atom is -0.483 e. The van der Waals surface area contributed by atoms with Crippen molar-refractivity contribution in [2.24, 2.45) is 5.10 Å². The fourth-order valence-corrected chi connectivity index (χ4v) is 2.76. The highest BCUT2D eigenvalue weighted by molar-refractivity contribution is 5.99. The maximum atomic E-state index is 11.9. The maximum absolute atomic E-state index is 11.9. The number of rotatable bonds is 5. The molecule has 0 aliphatic rings. The van der Waals surface area contributed by atoms with Gasteiger partial charge in [-0.05, 0) is 43.2 Å². The predicted octanol–water partition coefficient (Wildman–Crippen LogP) is 2.90. The zero-order valence-electron chi connectivity index (χ0n) is 14.2. The molecule has 1 amide bonds. The lowest BCUT2D eigenvalue weighted by molar-refractivity contribution is -0.123. The topological polar surface area (TPSA) is 92.5 Å². The van der Waals surface area contributed by atoms with Crippen molar-refractivity contribution in [3.63, 3.8) is 0 Å². The first-order valence-corrected chi connectivity index (χ1v) is 7.92. The molecule has 2 aromatic carbocycles. The Balaban J connectivity index is 1.58. The van der Waals surface area contributed by atoms with E-state index >= 15 is 0 Å². The number of anilines is 1. The number of aromatic amines is 1. The molecule has 6 heteroatoms. The molecular formula is C19H20N4O2. The SMILES string of the molecule is Cc1cc(N)cc(C)c1OCC(=O)NN=Cc1c[nH]c2ccccc12. The van der Waals surface area contributed by atoms with Crippen LogP contribution in [0.5, 0.6) is 5.75 Å². The van der Waals surface area contributed by atoms with Crippen molar-refractivity contribution in [1.29, 1.82) is 0 Å². The largest absolute Gasteiger partial charge is 0.483 e. The molecule has 25 heavy (non-hydrogen) atoms. The van der Waals surface area contributed by atoms with Crippen LogP contribution in [0.4, 0.5) is 5.69 Å². The molecule has 0 unspecified atom stereocenters. The van der Waals surface area contributed by atoms with Crippen LogP contribution >= 0.6 is 0 Å². The fraction of sp³-hybridized carbons (Fsp3) is 0.158. The summed E-state index contributed by atoms with van der Waals surface area (Å²) in [5, 5.41) is 5.04. The van der Waals surface area contributed by atoms with Gasteiger partial charge in [0.25, 0.3) is 5.91 Å². The number of hydrazone groups is 1. The molecule has 6 nitrogen and oxygen atoms in total. The summed E-state index contributed by atoms with van der Waals surface area (Å²) in [6.45, 7) is 3.67. The number of hydrogen-bond donors (Lipinski definition) is 3. The summed E-state index contributed by atoms with van der Waals surface area (Å²) in [6.07, 6.45) is 3.45. The number of aromatic nitrogens is 1. The highest BCUT2D eigenvalue weighted by Gasteiger charge is 2.08. The number of nitrogens with two attached hydrogens (primary N) is 1. The van der Waals surface area contributed by atoms with Crippen molar-refractivity contribution < 1.29 is 9.53 Å². The Labute approximate surface area is 145 Å². The van der Waals surface area contributed by atoms with E-state index in [1.807, 2.05) is 56.4 Å². The first-order valence-electron chi connectivity index (χ1n) is 7.92. The Hall–Kier alpha value is -3.28. The molecule has 0 aliphatic heterocycles. The van der Waals surface area contributed by atoms with Crippen molar-refractivity contribution >= 4 is 28.7 Å². The predicted molar refractivity (Wildman–Crippen MR) is 99.9 cm³/mol. The molecule has 128 valence electrons. The molecular weight excluding hydrogens is 316 g/mol. The zero-order valence-corrected chi connectivity index (χ0v) is 14.2. The molecule has 3 rings (SSSR count). The summed E-state index contributed by atoms with van der Waals surface area (Å²) in [6, 6.07) is 11.5. The molecule has 0 spiro atoms. The van der Waals surface area contributed by atoms with Crippen LogP contribution in [0.2, 0.25) is 0 Å². The summed E-state index contributed by atoms with van der Waals surface area (Å²) in [5.41, 5.74) is 12.6. The van der Waals surface area contributed by atoms with Gasteiger partial charge in [-0.15, -0.1) is 0 Å². The Morgan fingerprint density at radius 1 is 1.28 bits per heavy atom. The van der Waals surface area contributed by atoms with E-state index in [1.54, 1.807) is 6.21 Å². The van der Waals surface area contributed by atoms with Gasteiger partial charge >= 0.3 is 0 Å². The van der Waals surface area contributed by atoms with Crippen LogP contribution in [0.1, 0.15) is 16.7 Å². The summed E-state index contributed by atoms with van der Waals surface area (Å²) in [7, 11) is 0. The van der Waals surface area contributed by atoms with E-state index in [2.05, 4.69) is 15.5 Å². The molecule has 0 atom stereocenters. The van der Waals surface area contributed by atoms with Gasteiger partial charge in [-0.2, -0.15) is 5.10 Å². The lowest BCUT2D eigenvalue weighted by Crippen LogP contribution is -2.25. The number of para-hydroxylation sites is 1. The van der Waals surface area contributed by atoms with Gasteiger partial charge in [0.05, 0.1) is 6.21 Å². The number of nitrogens with zero attached hydrogens (tertiary/aromatic N) is 1. The molecule has 0 radical (unpaired) electrons. The monoisotopic (exact) mass is 336 g/mol. The normalized spacial score (nSPS) is 11.1. The Kier molecular flexibility index (Phi) is 4.70. The lowest BCUT2D eigenvalue weighted by Gasteiger charge is -2.12. The van der Waals surface area contributed by atoms with E-state index in [1.165, 1.54) is 0 Å². The van der Waals surface area contributed by atoms with Gasteiger partial charge in [-0.1, -0.05) is 18.2 Å². The number of nitrogens with one attached hydrogen (secondary N) is 2. The number of nitrogen functional groups attached to an aromatic ring is 1. The molecule has 4 N–H and O–H groups in total. The Morgan fingerprint density at radius 3 is 2.76 bits per heavy atom. The number of H-pyrrole nitrogens is 1. The lowest BCUT2D eigenvalue weighted by atomic mass is 10.1. The van der Waals surface area contributed by atoms with E-state index in [0.29, 0.717) is 11.4 Å². The van der Waals surface area contributed by atoms with Crippen LogP contribution in [0.15, 0.2) is 47.7 Å². The van der Waals surface area contributed by atoms with Crippen molar-refractivity contribution in [2.45, 2.75) is 13.8 Å².